The highest BCUT2D eigenvalue weighted by molar-refractivity contribution is 6.32. The zero-order valence-corrected chi connectivity index (χ0v) is 10.2. The number of hydrogen-bond acceptors (Lipinski definition) is 3. The van der Waals surface area contributed by atoms with Crippen LogP contribution in [0.5, 0.6) is 5.75 Å². The highest BCUT2D eigenvalue weighted by Gasteiger charge is 2.06. The first-order chi connectivity index (χ1) is 8.15. The lowest BCUT2D eigenvalue weighted by Gasteiger charge is -2.06. The smallest absolute Gasteiger partial charge is 0.251 e. The van der Waals surface area contributed by atoms with Crippen LogP contribution in [-0.2, 0) is 6.42 Å². The SMILES string of the molecule is COc1cc2cc(CCN)c(=O)[nH]c2cc1Cl. The summed E-state index contributed by atoms with van der Waals surface area (Å²) in [4.78, 5) is 14.5. The molecule has 17 heavy (non-hydrogen) atoms. The number of pyridine rings is 1. The van der Waals surface area contributed by atoms with Crippen LogP contribution in [0.25, 0.3) is 10.9 Å². The molecule has 0 saturated heterocycles. The minimum atomic E-state index is -0.121. The summed E-state index contributed by atoms with van der Waals surface area (Å²) in [6.45, 7) is 0.444. The Morgan fingerprint density at radius 2 is 2.18 bits per heavy atom. The predicted molar refractivity (Wildman–Crippen MR) is 68.9 cm³/mol. The monoisotopic (exact) mass is 252 g/mol. The highest BCUT2D eigenvalue weighted by atomic mass is 35.5. The van der Waals surface area contributed by atoms with Crippen molar-refractivity contribution in [3.63, 3.8) is 0 Å². The normalized spacial score (nSPS) is 10.8. The minimum Gasteiger partial charge on any atom is -0.495 e. The van der Waals surface area contributed by atoms with E-state index in [1.54, 1.807) is 19.2 Å². The van der Waals surface area contributed by atoms with E-state index < -0.39 is 0 Å². The average molecular weight is 253 g/mol. The second kappa shape index (κ2) is 4.77. The average Bonchev–Trinajstić information content (AvgIpc) is 2.30. The molecule has 0 aliphatic carbocycles. The molecular formula is C12H13ClN2O2. The van der Waals surface area contributed by atoms with Crippen LogP contribution in [0.4, 0.5) is 0 Å². The number of fused-ring (bicyclic) bond motifs is 1. The molecule has 0 aliphatic heterocycles. The molecule has 1 aromatic carbocycles. The summed E-state index contributed by atoms with van der Waals surface area (Å²) in [5.74, 6) is 0.588. The number of nitrogens with one attached hydrogen (secondary N) is 1. The lowest BCUT2D eigenvalue weighted by atomic mass is 10.1. The maximum atomic E-state index is 11.7. The van der Waals surface area contributed by atoms with Crippen LogP contribution in [0, 0.1) is 0 Å². The van der Waals surface area contributed by atoms with Gasteiger partial charge in [-0.15, -0.1) is 0 Å². The van der Waals surface area contributed by atoms with Gasteiger partial charge in [0.25, 0.3) is 5.56 Å². The lowest BCUT2D eigenvalue weighted by molar-refractivity contribution is 0.415. The van der Waals surface area contributed by atoms with Crippen molar-refractivity contribution < 1.29 is 4.74 Å². The fourth-order valence-corrected chi connectivity index (χ4v) is 1.99. The van der Waals surface area contributed by atoms with Crippen LogP contribution >= 0.6 is 11.6 Å². The largest absolute Gasteiger partial charge is 0.495 e. The Bertz CT molecular complexity index is 607. The molecular weight excluding hydrogens is 240 g/mol. The predicted octanol–water partition coefficient (Wildman–Crippen LogP) is 1.69. The molecule has 0 fully saturated rings. The Labute approximate surface area is 103 Å². The van der Waals surface area contributed by atoms with Gasteiger partial charge in [0, 0.05) is 10.9 Å². The second-order valence-electron chi connectivity index (χ2n) is 3.74. The van der Waals surface area contributed by atoms with Gasteiger partial charge in [0.05, 0.1) is 17.6 Å². The van der Waals surface area contributed by atoms with Gasteiger partial charge < -0.3 is 15.5 Å². The quantitative estimate of drug-likeness (QED) is 0.874. The number of ether oxygens (including phenoxy) is 1. The van der Waals surface area contributed by atoms with Gasteiger partial charge in [-0.05, 0) is 31.2 Å². The van der Waals surface area contributed by atoms with Crippen LogP contribution in [0.15, 0.2) is 23.0 Å². The van der Waals surface area contributed by atoms with Crippen molar-refractivity contribution in [1.29, 1.82) is 0 Å². The molecule has 0 saturated carbocycles. The third kappa shape index (κ3) is 2.28. The van der Waals surface area contributed by atoms with E-state index in [4.69, 9.17) is 22.1 Å². The molecule has 0 amide bonds. The Balaban J connectivity index is 2.67. The van der Waals surface area contributed by atoms with E-state index in [1.807, 2.05) is 6.07 Å². The Hall–Kier alpha value is -1.52. The summed E-state index contributed by atoms with van der Waals surface area (Å²) in [7, 11) is 1.56. The molecule has 3 N–H and O–H groups in total. The number of hydrogen-bond donors (Lipinski definition) is 2. The molecule has 5 heteroatoms. The molecule has 1 heterocycles. The zero-order valence-electron chi connectivity index (χ0n) is 9.42. The van der Waals surface area contributed by atoms with Crippen LogP contribution in [0.3, 0.4) is 0 Å². The molecule has 0 atom stereocenters. The highest BCUT2D eigenvalue weighted by Crippen LogP contribution is 2.28. The number of methoxy groups -OCH3 is 1. The van der Waals surface area contributed by atoms with Crippen LogP contribution in [0.1, 0.15) is 5.56 Å². The van der Waals surface area contributed by atoms with E-state index >= 15 is 0 Å². The molecule has 4 nitrogen and oxygen atoms in total. The van der Waals surface area contributed by atoms with E-state index in [1.165, 1.54) is 0 Å². The van der Waals surface area contributed by atoms with Crippen molar-refractivity contribution in [1.82, 2.24) is 4.98 Å². The number of rotatable bonds is 3. The van der Waals surface area contributed by atoms with Crippen molar-refractivity contribution in [2.45, 2.75) is 6.42 Å². The molecule has 0 unspecified atom stereocenters. The van der Waals surface area contributed by atoms with Crippen LogP contribution < -0.4 is 16.0 Å². The molecule has 0 radical (unpaired) electrons. The fourth-order valence-electron chi connectivity index (χ4n) is 1.75. The van der Waals surface area contributed by atoms with E-state index in [0.717, 1.165) is 5.39 Å². The van der Waals surface area contributed by atoms with Crippen LogP contribution in [0.2, 0.25) is 5.02 Å². The summed E-state index contributed by atoms with van der Waals surface area (Å²) >= 11 is 5.99. The first-order valence-corrected chi connectivity index (χ1v) is 5.63. The van der Waals surface area contributed by atoms with Crippen molar-refractivity contribution >= 4 is 22.5 Å². The Kier molecular flexibility index (Phi) is 3.36. The third-order valence-corrected chi connectivity index (χ3v) is 2.90. The molecule has 0 spiro atoms. The summed E-state index contributed by atoms with van der Waals surface area (Å²) in [6.07, 6.45) is 0.552. The van der Waals surface area contributed by atoms with Gasteiger partial charge in [0.1, 0.15) is 5.75 Å². The molecule has 1 aromatic heterocycles. The van der Waals surface area contributed by atoms with Gasteiger partial charge in [-0.25, -0.2) is 0 Å². The first kappa shape index (κ1) is 12.0. The lowest BCUT2D eigenvalue weighted by Crippen LogP contribution is -2.16. The van der Waals surface area contributed by atoms with Gasteiger partial charge in [0.15, 0.2) is 0 Å². The number of benzene rings is 1. The zero-order chi connectivity index (χ0) is 12.4. The van der Waals surface area contributed by atoms with Crippen LogP contribution in [-0.4, -0.2) is 18.6 Å². The first-order valence-electron chi connectivity index (χ1n) is 5.25. The number of nitrogens with two attached hydrogens (primary N) is 1. The topological polar surface area (TPSA) is 68.1 Å². The maximum absolute atomic E-state index is 11.7. The number of halogens is 1. The third-order valence-electron chi connectivity index (χ3n) is 2.61. The fraction of sp³-hybridized carbons (Fsp3) is 0.250. The summed E-state index contributed by atoms with van der Waals surface area (Å²) in [6, 6.07) is 5.30. The van der Waals surface area contributed by atoms with Crippen molar-refractivity contribution in [3.8, 4) is 5.75 Å². The van der Waals surface area contributed by atoms with E-state index in [9.17, 15) is 4.79 Å². The molecule has 0 bridgehead atoms. The van der Waals surface area contributed by atoms with E-state index in [2.05, 4.69) is 4.98 Å². The Morgan fingerprint density at radius 1 is 1.41 bits per heavy atom. The van der Waals surface area contributed by atoms with E-state index in [-0.39, 0.29) is 5.56 Å². The molecule has 90 valence electrons. The van der Waals surface area contributed by atoms with Gasteiger partial charge in [-0.1, -0.05) is 11.6 Å². The van der Waals surface area contributed by atoms with Crippen molar-refractivity contribution in [2.75, 3.05) is 13.7 Å². The van der Waals surface area contributed by atoms with Gasteiger partial charge >= 0.3 is 0 Å². The van der Waals surface area contributed by atoms with Gasteiger partial charge in [0.2, 0.25) is 0 Å². The van der Waals surface area contributed by atoms with E-state index in [0.29, 0.717) is 34.8 Å². The summed E-state index contributed by atoms with van der Waals surface area (Å²) in [5, 5.41) is 1.36. The molecule has 2 rings (SSSR count). The number of H-pyrrole nitrogens is 1. The summed E-state index contributed by atoms with van der Waals surface area (Å²) in [5.41, 5.74) is 6.70. The van der Waals surface area contributed by atoms with Crippen molar-refractivity contribution in [3.05, 3.63) is 39.1 Å². The minimum absolute atomic E-state index is 0.121. The number of aromatic nitrogens is 1. The molecule has 0 aliphatic rings. The maximum Gasteiger partial charge on any atom is 0.251 e. The number of aromatic amines is 1. The van der Waals surface area contributed by atoms with Gasteiger partial charge in [-0.3, -0.25) is 4.79 Å². The van der Waals surface area contributed by atoms with Crippen molar-refractivity contribution in [2.24, 2.45) is 5.73 Å². The standard InChI is InChI=1S/C12H13ClN2O2/c1-17-11-5-8-4-7(2-3-14)12(16)15-10(8)6-9(11)13/h4-6H,2-3,14H2,1H3,(H,15,16). The Morgan fingerprint density at radius 3 is 2.82 bits per heavy atom. The summed E-state index contributed by atoms with van der Waals surface area (Å²) < 4.78 is 5.13. The molecule has 2 aromatic rings. The van der Waals surface area contributed by atoms with Gasteiger partial charge in [-0.2, -0.15) is 0 Å². The second-order valence-corrected chi connectivity index (χ2v) is 4.14.